The van der Waals surface area contributed by atoms with Gasteiger partial charge >= 0.3 is 5.97 Å². The Morgan fingerprint density at radius 1 is 1.30 bits per heavy atom. The van der Waals surface area contributed by atoms with E-state index in [1.807, 2.05) is 37.3 Å². The molecule has 0 amide bonds. The molecule has 1 fully saturated rings. The topological polar surface area (TPSA) is 65.0 Å². The molecule has 1 N–H and O–H groups in total. The van der Waals surface area contributed by atoms with E-state index in [2.05, 4.69) is 6.08 Å². The molecule has 1 aromatic rings. The van der Waals surface area contributed by atoms with Gasteiger partial charge in [-0.25, -0.2) is 0 Å². The zero-order valence-electron chi connectivity index (χ0n) is 16.5. The molecular weight excluding hydrogens is 344 g/mol. The minimum Gasteiger partial charge on any atom is -0.497 e. The number of hydrogen-bond acceptors (Lipinski definition) is 5. The molecule has 0 aromatic heterocycles. The molecule has 0 heterocycles. The number of benzene rings is 1. The molecule has 1 aliphatic rings. The van der Waals surface area contributed by atoms with E-state index in [0.717, 1.165) is 37.0 Å². The Labute approximate surface area is 162 Å². The molecule has 0 bridgehead atoms. The van der Waals surface area contributed by atoms with Crippen LogP contribution in [0.25, 0.3) is 0 Å². The van der Waals surface area contributed by atoms with Gasteiger partial charge in [0.2, 0.25) is 0 Å². The van der Waals surface area contributed by atoms with Crippen molar-refractivity contribution >= 4 is 5.97 Å². The lowest BCUT2D eigenvalue weighted by atomic mass is 9.79. The summed E-state index contributed by atoms with van der Waals surface area (Å²) in [6, 6.07) is 7.82. The van der Waals surface area contributed by atoms with Crippen LogP contribution in [0.15, 0.2) is 36.4 Å². The molecule has 0 spiro atoms. The van der Waals surface area contributed by atoms with Gasteiger partial charge in [-0.1, -0.05) is 24.3 Å². The summed E-state index contributed by atoms with van der Waals surface area (Å²) in [6.07, 6.45) is 8.19. The van der Waals surface area contributed by atoms with Gasteiger partial charge in [-0.3, -0.25) is 4.79 Å². The molecule has 2 atom stereocenters. The molecule has 0 saturated heterocycles. The summed E-state index contributed by atoms with van der Waals surface area (Å²) in [5, 5.41) is 10.3. The van der Waals surface area contributed by atoms with Crippen molar-refractivity contribution in [3.05, 3.63) is 42.0 Å². The number of aliphatic hydroxyl groups is 1. The Morgan fingerprint density at radius 3 is 2.70 bits per heavy atom. The predicted octanol–water partition coefficient (Wildman–Crippen LogP) is 4.03. The number of unbranched alkanes of at least 4 members (excludes halogenated alkanes) is 1. The lowest BCUT2D eigenvalue weighted by Gasteiger charge is -2.30. The zero-order chi connectivity index (χ0) is 19.5. The highest BCUT2D eigenvalue weighted by Gasteiger charge is 2.48. The maximum Gasteiger partial charge on any atom is 0.314 e. The standard InChI is InChI=1S/C22H32O5/c1-3-27-21(24)22(15-8-9-20(22)23)14-6-4-5-7-16-26-17-18-10-12-19(25-2)13-11-18/h5,7,10-13,20,23H,3-4,6,8-9,14-17H2,1-2H3/b7-5-/t20-,22+/m0/s1. The van der Waals surface area contributed by atoms with Gasteiger partial charge in [0, 0.05) is 0 Å². The number of methoxy groups -OCH3 is 1. The molecule has 1 saturated carbocycles. The first-order valence-electron chi connectivity index (χ1n) is 9.83. The van der Waals surface area contributed by atoms with Crippen LogP contribution in [0.1, 0.15) is 51.0 Å². The molecule has 150 valence electrons. The summed E-state index contributed by atoms with van der Waals surface area (Å²) < 4.78 is 16.0. The van der Waals surface area contributed by atoms with Crippen molar-refractivity contribution in [3.63, 3.8) is 0 Å². The number of esters is 1. The highest BCUT2D eigenvalue weighted by molar-refractivity contribution is 5.78. The summed E-state index contributed by atoms with van der Waals surface area (Å²) in [5.74, 6) is 0.605. The largest absolute Gasteiger partial charge is 0.497 e. The van der Waals surface area contributed by atoms with Gasteiger partial charge in [0.25, 0.3) is 0 Å². The summed E-state index contributed by atoms with van der Waals surface area (Å²) >= 11 is 0. The molecule has 5 nitrogen and oxygen atoms in total. The summed E-state index contributed by atoms with van der Waals surface area (Å²) in [4.78, 5) is 12.3. The third-order valence-electron chi connectivity index (χ3n) is 5.22. The maximum atomic E-state index is 12.3. The first-order valence-corrected chi connectivity index (χ1v) is 9.83. The second-order valence-electron chi connectivity index (χ2n) is 7.01. The fourth-order valence-electron chi connectivity index (χ4n) is 3.65. The van der Waals surface area contributed by atoms with Gasteiger partial charge in [-0.15, -0.1) is 0 Å². The molecule has 1 aliphatic carbocycles. The fourth-order valence-corrected chi connectivity index (χ4v) is 3.65. The molecule has 2 rings (SSSR count). The van der Waals surface area contributed by atoms with E-state index in [1.54, 1.807) is 7.11 Å². The van der Waals surface area contributed by atoms with E-state index in [9.17, 15) is 9.90 Å². The molecule has 5 heteroatoms. The zero-order valence-corrected chi connectivity index (χ0v) is 16.5. The van der Waals surface area contributed by atoms with Crippen molar-refractivity contribution in [3.8, 4) is 5.75 Å². The number of ether oxygens (including phenoxy) is 3. The summed E-state index contributed by atoms with van der Waals surface area (Å²) in [5.41, 5.74) is 0.408. The van der Waals surface area contributed by atoms with E-state index >= 15 is 0 Å². The molecule has 27 heavy (non-hydrogen) atoms. The molecule has 0 radical (unpaired) electrons. The van der Waals surface area contributed by atoms with Crippen LogP contribution in [0.2, 0.25) is 0 Å². The number of carbonyl (C=O) groups is 1. The maximum absolute atomic E-state index is 12.3. The summed E-state index contributed by atoms with van der Waals surface area (Å²) in [6.45, 7) is 3.28. The van der Waals surface area contributed by atoms with Crippen LogP contribution in [0.4, 0.5) is 0 Å². The van der Waals surface area contributed by atoms with Crippen LogP contribution in [0.3, 0.4) is 0 Å². The Balaban J connectivity index is 1.66. The van der Waals surface area contributed by atoms with E-state index < -0.39 is 11.5 Å². The second-order valence-corrected chi connectivity index (χ2v) is 7.01. The molecule has 1 aromatic carbocycles. The van der Waals surface area contributed by atoms with Gasteiger partial charge in [0.15, 0.2) is 0 Å². The van der Waals surface area contributed by atoms with Gasteiger partial charge in [0.05, 0.1) is 38.4 Å². The van der Waals surface area contributed by atoms with Crippen LogP contribution in [-0.4, -0.2) is 37.5 Å². The SMILES string of the molecule is CCOC(=O)[C@]1(CCC/C=C\COCc2ccc(OC)cc2)CCC[C@@H]1O. The van der Waals surface area contributed by atoms with E-state index in [-0.39, 0.29) is 5.97 Å². The van der Waals surface area contributed by atoms with Gasteiger partial charge in [0.1, 0.15) is 5.75 Å². The Hall–Kier alpha value is -1.85. The van der Waals surface area contributed by atoms with Crippen molar-refractivity contribution in [1.29, 1.82) is 0 Å². The van der Waals surface area contributed by atoms with Crippen LogP contribution < -0.4 is 4.74 Å². The first-order chi connectivity index (χ1) is 13.1. The van der Waals surface area contributed by atoms with Crippen molar-refractivity contribution in [2.45, 2.75) is 58.2 Å². The van der Waals surface area contributed by atoms with Crippen molar-refractivity contribution in [2.75, 3.05) is 20.3 Å². The van der Waals surface area contributed by atoms with Crippen LogP contribution >= 0.6 is 0 Å². The molecular formula is C22H32O5. The number of aliphatic hydroxyl groups excluding tert-OH is 1. The third-order valence-corrected chi connectivity index (χ3v) is 5.22. The molecule has 0 aliphatic heterocycles. The smallest absolute Gasteiger partial charge is 0.314 e. The van der Waals surface area contributed by atoms with Gasteiger partial charge in [-0.05, 0) is 63.1 Å². The summed E-state index contributed by atoms with van der Waals surface area (Å²) in [7, 11) is 1.65. The van der Waals surface area contributed by atoms with Crippen LogP contribution in [0.5, 0.6) is 5.75 Å². The van der Waals surface area contributed by atoms with Gasteiger partial charge in [-0.2, -0.15) is 0 Å². The van der Waals surface area contributed by atoms with Crippen LogP contribution in [-0.2, 0) is 20.9 Å². The number of hydrogen-bond donors (Lipinski definition) is 1. The van der Waals surface area contributed by atoms with E-state index in [4.69, 9.17) is 14.2 Å². The Morgan fingerprint density at radius 2 is 2.07 bits per heavy atom. The number of rotatable bonds is 11. The highest BCUT2D eigenvalue weighted by Crippen LogP contribution is 2.43. The van der Waals surface area contributed by atoms with Crippen LogP contribution in [0, 0.1) is 5.41 Å². The second kappa shape index (κ2) is 11.1. The Kier molecular flexibility index (Phi) is 8.82. The van der Waals surface area contributed by atoms with E-state index in [0.29, 0.717) is 32.7 Å². The fraction of sp³-hybridized carbons (Fsp3) is 0.591. The lowest BCUT2D eigenvalue weighted by Crippen LogP contribution is -2.39. The number of carbonyl (C=O) groups excluding carboxylic acids is 1. The minimum atomic E-state index is -0.700. The van der Waals surface area contributed by atoms with Gasteiger partial charge < -0.3 is 19.3 Å². The normalized spacial score (nSPS) is 22.3. The lowest BCUT2D eigenvalue weighted by molar-refractivity contribution is -0.161. The first kappa shape index (κ1) is 21.5. The number of allylic oxidation sites excluding steroid dienone is 1. The third kappa shape index (κ3) is 6.08. The van der Waals surface area contributed by atoms with E-state index in [1.165, 1.54) is 0 Å². The van der Waals surface area contributed by atoms with Crippen molar-refractivity contribution < 1.29 is 24.1 Å². The molecule has 0 unspecified atom stereocenters. The predicted molar refractivity (Wildman–Crippen MR) is 105 cm³/mol. The highest BCUT2D eigenvalue weighted by atomic mass is 16.5. The average Bonchev–Trinajstić information content (AvgIpc) is 3.06. The minimum absolute atomic E-state index is 0.234. The Bertz CT molecular complexity index is 595. The van der Waals surface area contributed by atoms with Crippen molar-refractivity contribution in [2.24, 2.45) is 5.41 Å². The average molecular weight is 376 g/mol. The van der Waals surface area contributed by atoms with Crippen molar-refractivity contribution in [1.82, 2.24) is 0 Å². The quantitative estimate of drug-likeness (QED) is 0.359. The monoisotopic (exact) mass is 376 g/mol.